The van der Waals surface area contributed by atoms with Crippen molar-refractivity contribution in [3.8, 4) is 17.2 Å². The summed E-state index contributed by atoms with van der Waals surface area (Å²) in [6.07, 6.45) is 0. The fourth-order valence-corrected chi connectivity index (χ4v) is 2.41. The minimum atomic E-state index is -0.523. The van der Waals surface area contributed by atoms with E-state index in [0.29, 0.717) is 27.3 Å². The van der Waals surface area contributed by atoms with Gasteiger partial charge in [0.1, 0.15) is 17.2 Å². The highest BCUT2D eigenvalue weighted by Gasteiger charge is 2.19. The van der Waals surface area contributed by atoms with Crippen molar-refractivity contribution < 1.29 is 24.1 Å². The number of phenols is 1. The van der Waals surface area contributed by atoms with E-state index in [9.17, 15) is 9.90 Å². The molecule has 0 aliphatic heterocycles. The van der Waals surface area contributed by atoms with Crippen molar-refractivity contribution in [3.63, 3.8) is 0 Å². The van der Waals surface area contributed by atoms with Crippen LogP contribution in [0.4, 0.5) is 0 Å². The zero-order valence-electron chi connectivity index (χ0n) is 11.9. The van der Waals surface area contributed by atoms with E-state index in [-0.39, 0.29) is 17.9 Å². The van der Waals surface area contributed by atoms with Crippen molar-refractivity contribution in [1.82, 2.24) is 0 Å². The lowest BCUT2D eigenvalue weighted by atomic mass is 10.0. The molecule has 0 unspecified atom stereocenters. The first kappa shape index (κ1) is 15.3. The number of fused-ring (bicyclic) bond motifs is 1. The smallest absolute Gasteiger partial charge is 0.338 e. The maximum Gasteiger partial charge on any atom is 0.338 e. The third kappa shape index (κ3) is 2.69. The van der Waals surface area contributed by atoms with E-state index in [1.54, 1.807) is 19.1 Å². The first-order valence-electron chi connectivity index (χ1n) is 6.27. The standard InChI is InChI=1S/C15H15ClO5/c1-4-21-15(18)8-5-9-12(19-2)7-10(16)14(20-3)13(9)11(17)6-8/h5-7,17H,4H2,1-3H3. The van der Waals surface area contributed by atoms with Gasteiger partial charge in [0, 0.05) is 11.5 Å². The van der Waals surface area contributed by atoms with E-state index in [2.05, 4.69) is 0 Å². The summed E-state index contributed by atoms with van der Waals surface area (Å²) in [6, 6.07) is 4.46. The number of phenolic OH excluding ortho intramolecular Hbond substituents is 1. The molecule has 2 aromatic carbocycles. The predicted molar refractivity (Wildman–Crippen MR) is 79.7 cm³/mol. The van der Waals surface area contributed by atoms with Crippen LogP contribution in [0.2, 0.25) is 5.02 Å². The number of carbonyl (C=O) groups is 1. The molecule has 0 spiro atoms. The molecule has 0 fully saturated rings. The highest BCUT2D eigenvalue weighted by Crippen LogP contribution is 2.44. The Morgan fingerprint density at radius 3 is 2.52 bits per heavy atom. The van der Waals surface area contributed by atoms with Crippen molar-refractivity contribution >= 4 is 28.3 Å². The minimum Gasteiger partial charge on any atom is -0.507 e. The summed E-state index contributed by atoms with van der Waals surface area (Å²) >= 11 is 6.10. The fourth-order valence-electron chi connectivity index (χ4n) is 2.14. The van der Waals surface area contributed by atoms with E-state index in [0.717, 1.165) is 0 Å². The monoisotopic (exact) mass is 310 g/mol. The van der Waals surface area contributed by atoms with Gasteiger partial charge in [0.15, 0.2) is 0 Å². The molecule has 0 saturated carbocycles. The molecule has 6 heteroatoms. The molecule has 0 bridgehead atoms. The number of hydrogen-bond donors (Lipinski definition) is 1. The van der Waals surface area contributed by atoms with Gasteiger partial charge in [-0.3, -0.25) is 0 Å². The van der Waals surface area contributed by atoms with Crippen molar-refractivity contribution in [1.29, 1.82) is 0 Å². The second-order valence-electron chi connectivity index (χ2n) is 4.23. The van der Waals surface area contributed by atoms with E-state index in [1.165, 1.54) is 20.3 Å². The number of aromatic hydroxyl groups is 1. The number of esters is 1. The Hall–Kier alpha value is -2.14. The summed E-state index contributed by atoms with van der Waals surface area (Å²) < 4.78 is 15.4. The quantitative estimate of drug-likeness (QED) is 0.877. The molecule has 112 valence electrons. The number of carbonyl (C=O) groups excluding carboxylic acids is 1. The van der Waals surface area contributed by atoms with Crippen LogP contribution in [0.1, 0.15) is 17.3 Å². The van der Waals surface area contributed by atoms with Gasteiger partial charge in [-0.1, -0.05) is 11.6 Å². The van der Waals surface area contributed by atoms with Gasteiger partial charge in [-0.15, -0.1) is 0 Å². The van der Waals surface area contributed by atoms with Crippen molar-refractivity contribution in [2.75, 3.05) is 20.8 Å². The van der Waals surface area contributed by atoms with E-state index in [4.69, 9.17) is 25.8 Å². The normalized spacial score (nSPS) is 10.5. The van der Waals surface area contributed by atoms with Crippen LogP contribution >= 0.6 is 11.6 Å². The second kappa shape index (κ2) is 6.10. The lowest BCUT2D eigenvalue weighted by Crippen LogP contribution is -2.04. The highest BCUT2D eigenvalue weighted by atomic mass is 35.5. The molecule has 0 amide bonds. The van der Waals surface area contributed by atoms with Crippen LogP contribution in [0.3, 0.4) is 0 Å². The SMILES string of the molecule is CCOC(=O)c1cc(O)c2c(OC)c(Cl)cc(OC)c2c1. The summed E-state index contributed by atoms with van der Waals surface area (Å²) in [5, 5.41) is 11.4. The van der Waals surface area contributed by atoms with Gasteiger partial charge in [0.05, 0.1) is 36.8 Å². The summed E-state index contributed by atoms with van der Waals surface area (Å²) in [5.74, 6) is 0.0940. The molecule has 0 heterocycles. The summed E-state index contributed by atoms with van der Waals surface area (Å²) in [7, 11) is 2.93. The predicted octanol–water partition coefficient (Wildman–Crippen LogP) is 3.39. The Morgan fingerprint density at radius 2 is 1.95 bits per heavy atom. The van der Waals surface area contributed by atoms with Gasteiger partial charge < -0.3 is 19.3 Å². The maximum atomic E-state index is 11.8. The molecule has 0 radical (unpaired) electrons. The largest absolute Gasteiger partial charge is 0.507 e. The van der Waals surface area contributed by atoms with Gasteiger partial charge in [-0.2, -0.15) is 0 Å². The number of ether oxygens (including phenoxy) is 3. The van der Waals surface area contributed by atoms with Crippen LogP contribution in [-0.2, 0) is 4.74 Å². The van der Waals surface area contributed by atoms with Crippen LogP contribution in [0.15, 0.2) is 18.2 Å². The molecule has 0 aliphatic rings. The third-order valence-corrected chi connectivity index (χ3v) is 3.30. The van der Waals surface area contributed by atoms with E-state index < -0.39 is 5.97 Å². The average molecular weight is 311 g/mol. The molecule has 2 aromatic rings. The van der Waals surface area contributed by atoms with Gasteiger partial charge in [-0.25, -0.2) is 4.79 Å². The van der Waals surface area contributed by atoms with Crippen LogP contribution in [0, 0.1) is 0 Å². The average Bonchev–Trinajstić information content (AvgIpc) is 2.47. The Morgan fingerprint density at radius 1 is 1.24 bits per heavy atom. The number of rotatable bonds is 4. The topological polar surface area (TPSA) is 65.0 Å². The van der Waals surface area contributed by atoms with E-state index in [1.807, 2.05) is 0 Å². The Bertz CT molecular complexity index is 696. The Kier molecular flexibility index (Phi) is 4.43. The molecule has 0 aliphatic carbocycles. The molecule has 1 N–H and O–H groups in total. The summed E-state index contributed by atoms with van der Waals surface area (Å²) in [5.41, 5.74) is 0.226. The first-order chi connectivity index (χ1) is 10.0. The third-order valence-electron chi connectivity index (χ3n) is 3.02. The van der Waals surface area contributed by atoms with Crippen LogP contribution in [-0.4, -0.2) is 31.9 Å². The number of methoxy groups -OCH3 is 2. The van der Waals surface area contributed by atoms with Gasteiger partial charge in [-0.05, 0) is 19.1 Å². The van der Waals surface area contributed by atoms with Crippen molar-refractivity contribution in [2.45, 2.75) is 6.92 Å². The zero-order valence-corrected chi connectivity index (χ0v) is 12.7. The highest BCUT2D eigenvalue weighted by molar-refractivity contribution is 6.34. The molecule has 21 heavy (non-hydrogen) atoms. The molecule has 5 nitrogen and oxygen atoms in total. The van der Waals surface area contributed by atoms with Crippen molar-refractivity contribution in [3.05, 3.63) is 28.8 Å². The minimum absolute atomic E-state index is 0.131. The molecule has 0 atom stereocenters. The van der Waals surface area contributed by atoms with Gasteiger partial charge in [0.2, 0.25) is 0 Å². The Labute approximate surface area is 127 Å². The van der Waals surface area contributed by atoms with Gasteiger partial charge >= 0.3 is 5.97 Å². The summed E-state index contributed by atoms with van der Waals surface area (Å²) in [6.45, 7) is 1.96. The van der Waals surface area contributed by atoms with Crippen LogP contribution in [0.25, 0.3) is 10.8 Å². The summed E-state index contributed by atoms with van der Waals surface area (Å²) in [4.78, 5) is 11.8. The number of hydrogen-bond acceptors (Lipinski definition) is 5. The molecular formula is C15H15ClO5. The maximum absolute atomic E-state index is 11.8. The van der Waals surface area contributed by atoms with Crippen LogP contribution in [0.5, 0.6) is 17.2 Å². The molecular weight excluding hydrogens is 296 g/mol. The molecule has 0 aromatic heterocycles. The van der Waals surface area contributed by atoms with E-state index >= 15 is 0 Å². The zero-order chi connectivity index (χ0) is 15.6. The van der Waals surface area contributed by atoms with Crippen LogP contribution < -0.4 is 9.47 Å². The van der Waals surface area contributed by atoms with Gasteiger partial charge in [0.25, 0.3) is 0 Å². The first-order valence-corrected chi connectivity index (χ1v) is 6.65. The fraction of sp³-hybridized carbons (Fsp3) is 0.267. The Balaban J connectivity index is 2.79. The van der Waals surface area contributed by atoms with Crippen molar-refractivity contribution in [2.24, 2.45) is 0 Å². The molecule has 2 rings (SSSR count). The molecule has 0 saturated heterocycles. The second-order valence-corrected chi connectivity index (χ2v) is 4.64. The number of halogens is 1. The lowest BCUT2D eigenvalue weighted by molar-refractivity contribution is 0.0526. The lowest BCUT2D eigenvalue weighted by Gasteiger charge is -2.14. The number of benzene rings is 2.